The molecule has 1 aromatic heterocycles. The van der Waals surface area contributed by atoms with E-state index in [1.54, 1.807) is 19.9 Å². The lowest BCUT2D eigenvalue weighted by Gasteiger charge is -2.15. The summed E-state index contributed by atoms with van der Waals surface area (Å²) in [6.07, 6.45) is 1.48. The average Bonchev–Trinajstić information content (AvgIpc) is 2.31. The molecule has 1 amide bonds. The molecule has 1 heterocycles. The first-order chi connectivity index (χ1) is 7.88. The predicted molar refractivity (Wildman–Crippen MR) is 70.0 cm³/mol. The monoisotopic (exact) mass is 251 g/mol. The first-order valence-electron chi connectivity index (χ1n) is 5.29. The van der Waals surface area contributed by atoms with Gasteiger partial charge < -0.3 is 5.73 Å². The Balaban J connectivity index is 0.00000121. The highest BCUT2D eigenvalue weighted by Crippen LogP contribution is 2.24. The average molecular weight is 251 g/mol. The Morgan fingerprint density at radius 2 is 2.06 bits per heavy atom. The predicted octanol–water partition coefficient (Wildman–Crippen LogP) is 2.30. The summed E-state index contributed by atoms with van der Waals surface area (Å²) in [6, 6.07) is 3.78. The normalized spacial score (nSPS) is 9.88. The topological polar surface area (TPSA) is 79.8 Å². The summed E-state index contributed by atoms with van der Waals surface area (Å²) in [4.78, 5) is 15.2. The van der Waals surface area contributed by atoms with E-state index in [9.17, 15) is 4.79 Å². The third kappa shape index (κ3) is 3.75. The van der Waals surface area contributed by atoms with E-state index in [0.29, 0.717) is 10.5 Å². The zero-order valence-electron chi connectivity index (χ0n) is 10.5. The summed E-state index contributed by atoms with van der Waals surface area (Å²) < 4.78 is 0. The van der Waals surface area contributed by atoms with Gasteiger partial charge in [0.05, 0.1) is 11.5 Å². The summed E-state index contributed by atoms with van der Waals surface area (Å²) in [5.74, 6) is -0.624. The molecule has 0 bridgehead atoms. The number of carbonyl (C=O) groups is 1. The number of rotatable bonds is 2. The number of hydrogen-bond donors (Lipinski definition) is 2. The van der Waals surface area contributed by atoms with Crippen molar-refractivity contribution < 1.29 is 4.79 Å². The molecule has 0 saturated heterocycles. The van der Waals surface area contributed by atoms with E-state index in [-0.39, 0.29) is 5.69 Å². The van der Waals surface area contributed by atoms with E-state index in [4.69, 9.17) is 11.0 Å². The smallest absolute Gasteiger partial charge is 0.268 e. The van der Waals surface area contributed by atoms with E-state index < -0.39 is 11.3 Å². The zero-order valence-corrected chi connectivity index (χ0v) is 11.4. The summed E-state index contributed by atoms with van der Waals surface area (Å²) in [5, 5.41) is 8.92. The number of carbonyl (C=O) groups excluding carboxylic acids is 1. The maximum atomic E-state index is 10.9. The second kappa shape index (κ2) is 6.26. The van der Waals surface area contributed by atoms with Gasteiger partial charge >= 0.3 is 0 Å². The van der Waals surface area contributed by atoms with Gasteiger partial charge in [-0.15, -0.1) is 12.6 Å². The highest BCUT2D eigenvalue weighted by molar-refractivity contribution is 7.80. The number of pyridine rings is 1. The summed E-state index contributed by atoms with van der Waals surface area (Å²) in [5.41, 5.74) is 5.27. The lowest BCUT2D eigenvalue weighted by molar-refractivity contribution is 0.0992. The second-order valence-corrected chi connectivity index (χ2v) is 4.17. The van der Waals surface area contributed by atoms with E-state index in [0.717, 1.165) is 0 Å². The molecule has 0 spiro atoms. The highest BCUT2D eigenvalue weighted by Gasteiger charge is 2.21. The van der Waals surface area contributed by atoms with Crippen molar-refractivity contribution in [3.63, 3.8) is 0 Å². The minimum atomic E-state index is -0.652. The fourth-order valence-corrected chi connectivity index (χ4v) is 1.36. The largest absolute Gasteiger partial charge is 0.364 e. The Kier molecular flexibility index (Phi) is 5.69. The lowest BCUT2D eigenvalue weighted by Crippen LogP contribution is -2.18. The number of nitrogens with two attached hydrogens (primary N) is 1. The maximum Gasteiger partial charge on any atom is 0.268 e. The molecule has 0 aliphatic rings. The van der Waals surface area contributed by atoms with E-state index in [2.05, 4.69) is 23.7 Å². The van der Waals surface area contributed by atoms with Crippen molar-refractivity contribution in [2.45, 2.75) is 38.0 Å². The van der Waals surface area contributed by atoms with Gasteiger partial charge in [0.25, 0.3) is 5.91 Å². The Hall–Kier alpha value is -1.54. The van der Waals surface area contributed by atoms with Crippen molar-refractivity contribution in [1.82, 2.24) is 4.98 Å². The zero-order chi connectivity index (χ0) is 13.6. The summed E-state index contributed by atoms with van der Waals surface area (Å²) in [6.45, 7) is 7.53. The third-order valence-corrected chi connectivity index (χ3v) is 2.44. The standard InChI is InChI=1S/C10H11N3OS.C2H6/c1-10(2,5-11)6-3-7(15)8(9(12)14)13-4-6;1-2/h3-4,15H,1-2H3,(H2,12,14);1-2H3. The van der Waals surface area contributed by atoms with Crippen molar-refractivity contribution in [3.05, 3.63) is 23.5 Å². The molecule has 1 aromatic rings. The second-order valence-electron chi connectivity index (χ2n) is 3.69. The minimum absolute atomic E-state index is 0.121. The molecule has 0 aromatic carbocycles. The molecule has 0 radical (unpaired) electrons. The van der Waals surface area contributed by atoms with Gasteiger partial charge in [-0.1, -0.05) is 13.8 Å². The van der Waals surface area contributed by atoms with Crippen molar-refractivity contribution in [2.75, 3.05) is 0 Å². The first kappa shape index (κ1) is 15.5. The van der Waals surface area contributed by atoms with Crippen molar-refractivity contribution >= 4 is 18.5 Å². The van der Waals surface area contributed by atoms with Crippen LogP contribution in [0.2, 0.25) is 0 Å². The molecule has 0 unspecified atom stereocenters. The van der Waals surface area contributed by atoms with Crippen LogP contribution in [0.5, 0.6) is 0 Å². The molecule has 0 fully saturated rings. The Labute approximate surface area is 107 Å². The third-order valence-electron chi connectivity index (χ3n) is 2.10. The first-order valence-corrected chi connectivity index (χ1v) is 5.74. The van der Waals surface area contributed by atoms with Crippen LogP contribution in [-0.2, 0) is 5.41 Å². The van der Waals surface area contributed by atoms with Gasteiger partial charge in [-0.3, -0.25) is 4.79 Å². The molecule has 2 N–H and O–H groups in total. The van der Waals surface area contributed by atoms with Gasteiger partial charge in [-0.2, -0.15) is 5.26 Å². The van der Waals surface area contributed by atoms with E-state index in [1.807, 2.05) is 13.8 Å². The fourth-order valence-electron chi connectivity index (χ4n) is 1.05. The van der Waals surface area contributed by atoms with Gasteiger partial charge in [0.15, 0.2) is 0 Å². The fraction of sp³-hybridized carbons (Fsp3) is 0.417. The number of nitriles is 1. The molecule has 5 heteroatoms. The molecular weight excluding hydrogens is 234 g/mol. The van der Waals surface area contributed by atoms with Gasteiger partial charge in [0.2, 0.25) is 0 Å². The van der Waals surface area contributed by atoms with Crippen LogP contribution < -0.4 is 5.73 Å². The molecule has 92 valence electrons. The number of primary amides is 1. The number of aromatic nitrogens is 1. The maximum absolute atomic E-state index is 10.9. The van der Waals surface area contributed by atoms with Crippen LogP contribution in [0.3, 0.4) is 0 Å². The number of thiol groups is 1. The summed E-state index contributed by atoms with van der Waals surface area (Å²) >= 11 is 4.10. The van der Waals surface area contributed by atoms with Gasteiger partial charge in [0.1, 0.15) is 5.69 Å². The quantitative estimate of drug-likeness (QED) is 0.791. The number of hydrogen-bond acceptors (Lipinski definition) is 4. The molecule has 1 rings (SSSR count). The Bertz CT molecular complexity index is 450. The minimum Gasteiger partial charge on any atom is -0.364 e. The van der Waals surface area contributed by atoms with E-state index >= 15 is 0 Å². The molecule has 0 aliphatic carbocycles. The molecular formula is C12H17N3OS. The van der Waals surface area contributed by atoms with Gasteiger partial charge in [0, 0.05) is 11.1 Å². The molecule has 17 heavy (non-hydrogen) atoms. The Morgan fingerprint density at radius 1 is 1.53 bits per heavy atom. The highest BCUT2D eigenvalue weighted by atomic mass is 32.1. The van der Waals surface area contributed by atoms with Crippen LogP contribution in [0.1, 0.15) is 43.7 Å². The SMILES string of the molecule is CC.CC(C)(C#N)c1cnc(C(N)=O)c(S)c1. The molecule has 0 atom stereocenters. The van der Waals surface area contributed by atoms with Crippen LogP contribution in [0, 0.1) is 11.3 Å². The van der Waals surface area contributed by atoms with E-state index in [1.165, 1.54) is 6.20 Å². The molecule has 4 nitrogen and oxygen atoms in total. The molecule has 0 saturated carbocycles. The van der Waals surface area contributed by atoms with Crippen molar-refractivity contribution in [2.24, 2.45) is 5.73 Å². The van der Waals surface area contributed by atoms with Gasteiger partial charge in [-0.25, -0.2) is 4.98 Å². The van der Waals surface area contributed by atoms with Crippen LogP contribution in [0.15, 0.2) is 17.2 Å². The lowest BCUT2D eigenvalue weighted by atomic mass is 9.87. The van der Waals surface area contributed by atoms with Crippen molar-refractivity contribution in [3.8, 4) is 6.07 Å². The van der Waals surface area contributed by atoms with Crippen LogP contribution in [-0.4, -0.2) is 10.9 Å². The van der Waals surface area contributed by atoms with Crippen LogP contribution in [0.25, 0.3) is 0 Å². The van der Waals surface area contributed by atoms with Crippen molar-refractivity contribution in [1.29, 1.82) is 5.26 Å². The molecule has 0 aliphatic heterocycles. The number of nitrogens with zero attached hydrogens (tertiary/aromatic N) is 2. The Morgan fingerprint density at radius 3 is 2.41 bits per heavy atom. The van der Waals surface area contributed by atoms with Gasteiger partial charge in [-0.05, 0) is 25.5 Å². The van der Waals surface area contributed by atoms with Crippen LogP contribution in [0.4, 0.5) is 0 Å². The summed E-state index contributed by atoms with van der Waals surface area (Å²) in [7, 11) is 0. The van der Waals surface area contributed by atoms with Crippen LogP contribution >= 0.6 is 12.6 Å². The number of amides is 1.